The number of rotatable bonds is 8. The first-order chi connectivity index (χ1) is 7.90. The summed E-state index contributed by atoms with van der Waals surface area (Å²) in [7, 11) is 0. The van der Waals surface area contributed by atoms with E-state index in [1.807, 2.05) is 11.8 Å². The van der Waals surface area contributed by atoms with Crippen molar-refractivity contribution in [2.24, 2.45) is 11.8 Å². The summed E-state index contributed by atoms with van der Waals surface area (Å²) in [5.41, 5.74) is 0. The molecular weight excluding hydrogens is 214 g/mol. The van der Waals surface area contributed by atoms with Crippen LogP contribution in [-0.2, 0) is 0 Å². The largest absolute Gasteiger partial charge is 0.314 e. The number of nitrogens with one attached hydrogen (secondary N) is 1. The zero-order valence-corrected chi connectivity index (χ0v) is 11.5. The lowest BCUT2D eigenvalue weighted by molar-refractivity contribution is 0.349. The molecule has 2 bridgehead atoms. The molecule has 2 aliphatic carbocycles. The maximum atomic E-state index is 3.80. The van der Waals surface area contributed by atoms with Crippen molar-refractivity contribution in [1.29, 1.82) is 0 Å². The van der Waals surface area contributed by atoms with Crippen LogP contribution in [0.2, 0.25) is 0 Å². The summed E-state index contributed by atoms with van der Waals surface area (Å²) >= 11 is 1.98. The number of hydrogen-bond acceptors (Lipinski definition) is 2. The molecule has 3 unspecified atom stereocenters. The van der Waals surface area contributed by atoms with Gasteiger partial charge in [0.1, 0.15) is 0 Å². The molecule has 2 fully saturated rings. The molecule has 0 aromatic carbocycles. The molecule has 2 heteroatoms. The zero-order chi connectivity index (χ0) is 11.2. The van der Waals surface area contributed by atoms with E-state index in [1.165, 1.54) is 63.7 Å². The van der Waals surface area contributed by atoms with Crippen LogP contribution in [0.5, 0.6) is 0 Å². The summed E-state index contributed by atoms with van der Waals surface area (Å²) in [6, 6.07) is 0.893. The molecule has 0 amide bonds. The monoisotopic (exact) mass is 241 g/mol. The van der Waals surface area contributed by atoms with Crippen LogP contribution in [0.25, 0.3) is 0 Å². The molecule has 94 valence electrons. The minimum atomic E-state index is 0.893. The van der Waals surface area contributed by atoms with E-state index >= 15 is 0 Å². The van der Waals surface area contributed by atoms with Gasteiger partial charge in [0.05, 0.1) is 0 Å². The molecule has 2 saturated carbocycles. The van der Waals surface area contributed by atoms with Gasteiger partial charge in [-0.15, -0.1) is 0 Å². The van der Waals surface area contributed by atoms with Gasteiger partial charge in [0.2, 0.25) is 0 Å². The van der Waals surface area contributed by atoms with Gasteiger partial charge >= 0.3 is 0 Å². The zero-order valence-electron chi connectivity index (χ0n) is 10.7. The fourth-order valence-corrected chi connectivity index (χ4v) is 4.00. The van der Waals surface area contributed by atoms with Crippen LogP contribution >= 0.6 is 11.8 Å². The Hall–Kier alpha value is 0.310. The van der Waals surface area contributed by atoms with Gasteiger partial charge in [0.15, 0.2) is 0 Å². The van der Waals surface area contributed by atoms with Crippen molar-refractivity contribution in [3.8, 4) is 0 Å². The van der Waals surface area contributed by atoms with Gasteiger partial charge in [-0.25, -0.2) is 0 Å². The average Bonchev–Trinajstić information content (AvgIpc) is 2.90. The molecule has 1 N–H and O–H groups in total. The fraction of sp³-hybridized carbons (Fsp3) is 1.00. The first-order valence-corrected chi connectivity index (χ1v) is 8.52. The van der Waals surface area contributed by atoms with Gasteiger partial charge < -0.3 is 5.32 Å². The van der Waals surface area contributed by atoms with E-state index in [0.29, 0.717) is 0 Å². The molecule has 0 aromatic heterocycles. The fourth-order valence-electron chi connectivity index (χ4n) is 3.51. The van der Waals surface area contributed by atoms with Crippen LogP contribution in [-0.4, -0.2) is 24.6 Å². The molecule has 0 spiro atoms. The molecule has 0 radical (unpaired) electrons. The summed E-state index contributed by atoms with van der Waals surface area (Å²) in [4.78, 5) is 0. The normalized spacial score (nSPS) is 32.4. The van der Waals surface area contributed by atoms with Crippen molar-refractivity contribution in [1.82, 2.24) is 5.32 Å². The summed E-state index contributed by atoms with van der Waals surface area (Å²) in [5.74, 6) is 3.48. The van der Waals surface area contributed by atoms with Gasteiger partial charge in [-0.2, -0.15) is 11.8 Å². The minimum Gasteiger partial charge on any atom is -0.314 e. The Labute approximate surface area is 105 Å². The molecule has 0 aromatic rings. The molecule has 1 nitrogen and oxygen atoms in total. The Kier molecular flexibility index (Phi) is 5.51. The second kappa shape index (κ2) is 6.90. The summed E-state index contributed by atoms with van der Waals surface area (Å²) in [6.07, 6.45) is 13.9. The SMILES string of the molecule is CSCCCCCCNC1CC2CCC1C2. The Morgan fingerprint density at radius 2 is 1.94 bits per heavy atom. The lowest BCUT2D eigenvalue weighted by atomic mass is 9.95. The van der Waals surface area contributed by atoms with Crippen molar-refractivity contribution < 1.29 is 0 Å². The average molecular weight is 241 g/mol. The minimum absolute atomic E-state index is 0.893. The lowest BCUT2D eigenvalue weighted by Crippen LogP contribution is -2.34. The highest BCUT2D eigenvalue weighted by atomic mass is 32.2. The van der Waals surface area contributed by atoms with Crippen molar-refractivity contribution in [3.63, 3.8) is 0 Å². The van der Waals surface area contributed by atoms with Gasteiger partial charge in [-0.3, -0.25) is 0 Å². The maximum absolute atomic E-state index is 3.80. The van der Waals surface area contributed by atoms with E-state index in [9.17, 15) is 0 Å². The van der Waals surface area contributed by atoms with E-state index in [4.69, 9.17) is 0 Å². The topological polar surface area (TPSA) is 12.0 Å². The molecular formula is C14H27NS. The van der Waals surface area contributed by atoms with Crippen LogP contribution in [0.3, 0.4) is 0 Å². The van der Waals surface area contributed by atoms with Crippen molar-refractivity contribution in [2.75, 3.05) is 18.6 Å². The van der Waals surface area contributed by atoms with E-state index in [2.05, 4.69) is 11.6 Å². The predicted octanol–water partition coefficient (Wildman–Crippen LogP) is 3.69. The molecule has 0 saturated heterocycles. The second-order valence-electron chi connectivity index (χ2n) is 5.64. The van der Waals surface area contributed by atoms with Crippen molar-refractivity contribution in [3.05, 3.63) is 0 Å². The second-order valence-corrected chi connectivity index (χ2v) is 6.63. The first kappa shape index (κ1) is 12.8. The molecule has 0 aliphatic heterocycles. The highest BCUT2D eigenvalue weighted by Crippen LogP contribution is 2.44. The smallest absolute Gasteiger partial charge is 0.00980 e. The molecule has 2 aliphatic rings. The highest BCUT2D eigenvalue weighted by Gasteiger charge is 2.38. The summed E-state index contributed by atoms with van der Waals surface area (Å²) in [5, 5.41) is 3.80. The standard InChI is InChI=1S/C14H27NS/c1-16-9-5-3-2-4-8-15-14-11-12-6-7-13(14)10-12/h12-15H,2-11H2,1H3. The molecule has 2 rings (SSSR count). The Balaban J connectivity index is 1.43. The van der Waals surface area contributed by atoms with Gasteiger partial charge in [-0.05, 0) is 62.5 Å². The third kappa shape index (κ3) is 3.66. The first-order valence-electron chi connectivity index (χ1n) is 7.12. The highest BCUT2D eigenvalue weighted by molar-refractivity contribution is 7.98. The van der Waals surface area contributed by atoms with Crippen molar-refractivity contribution >= 4 is 11.8 Å². The van der Waals surface area contributed by atoms with Crippen LogP contribution in [0, 0.1) is 11.8 Å². The number of thioether (sulfide) groups is 1. The van der Waals surface area contributed by atoms with Gasteiger partial charge in [0, 0.05) is 6.04 Å². The number of unbranched alkanes of at least 4 members (excludes halogenated alkanes) is 3. The third-order valence-electron chi connectivity index (χ3n) is 4.42. The Bertz CT molecular complexity index is 195. The van der Waals surface area contributed by atoms with Gasteiger partial charge in [-0.1, -0.05) is 19.3 Å². The van der Waals surface area contributed by atoms with E-state index in [1.54, 1.807) is 0 Å². The van der Waals surface area contributed by atoms with E-state index in [0.717, 1.165) is 17.9 Å². The summed E-state index contributed by atoms with van der Waals surface area (Å²) < 4.78 is 0. The van der Waals surface area contributed by atoms with E-state index in [-0.39, 0.29) is 0 Å². The maximum Gasteiger partial charge on any atom is 0.00980 e. The quantitative estimate of drug-likeness (QED) is 0.651. The van der Waals surface area contributed by atoms with E-state index < -0.39 is 0 Å². The van der Waals surface area contributed by atoms with Crippen LogP contribution in [0.1, 0.15) is 51.4 Å². The van der Waals surface area contributed by atoms with Crippen molar-refractivity contribution in [2.45, 2.75) is 57.4 Å². The third-order valence-corrected chi connectivity index (χ3v) is 5.12. The van der Waals surface area contributed by atoms with Crippen LogP contribution < -0.4 is 5.32 Å². The van der Waals surface area contributed by atoms with Gasteiger partial charge in [0.25, 0.3) is 0 Å². The van der Waals surface area contributed by atoms with Crippen LogP contribution in [0.15, 0.2) is 0 Å². The summed E-state index contributed by atoms with van der Waals surface area (Å²) in [6.45, 7) is 1.27. The Morgan fingerprint density at radius 1 is 1.06 bits per heavy atom. The van der Waals surface area contributed by atoms with Crippen LogP contribution in [0.4, 0.5) is 0 Å². The molecule has 16 heavy (non-hydrogen) atoms. The Morgan fingerprint density at radius 3 is 2.62 bits per heavy atom. The molecule has 0 heterocycles. The lowest BCUT2D eigenvalue weighted by Gasteiger charge is -2.22. The predicted molar refractivity (Wildman–Crippen MR) is 74.1 cm³/mol. The number of fused-ring (bicyclic) bond motifs is 2. The number of hydrogen-bond donors (Lipinski definition) is 1. The molecule has 3 atom stereocenters.